The Bertz CT molecular complexity index is 1550. The Morgan fingerprint density at radius 1 is 1.05 bits per heavy atom. The molecule has 8 nitrogen and oxygen atoms in total. The van der Waals surface area contributed by atoms with Gasteiger partial charge in [-0.2, -0.15) is 0 Å². The second kappa shape index (κ2) is 11.6. The quantitative estimate of drug-likeness (QED) is 0.280. The van der Waals surface area contributed by atoms with Crippen LogP contribution in [-0.2, 0) is 4.79 Å². The van der Waals surface area contributed by atoms with Gasteiger partial charge in [0.15, 0.2) is 0 Å². The van der Waals surface area contributed by atoms with Crippen LogP contribution in [0.4, 0.5) is 4.79 Å². The number of ether oxygens (including phenoxy) is 1. The molecule has 1 fully saturated rings. The van der Waals surface area contributed by atoms with Crippen LogP contribution < -0.4 is 10.1 Å². The predicted molar refractivity (Wildman–Crippen MR) is 154 cm³/mol. The number of nitrogens with zero attached hydrogens (tertiary/aromatic N) is 3. The molecular formula is C29H24N4O4S2. The second-order valence-electron chi connectivity index (χ2n) is 8.67. The van der Waals surface area contributed by atoms with Gasteiger partial charge in [-0.3, -0.25) is 24.3 Å². The largest absolute Gasteiger partial charge is 0.497 e. The second-order valence-corrected chi connectivity index (χ2v) is 10.7. The van der Waals surface area contributed by atoms with Gasteiger partial charge in [0, 0.05) is 36.6 Å². The van der Waals surface area contributed by atoms with Gasteiger partial charge in [-0.1, -0.05) is 42.0 Å². The van der Waals surface area contributed by atoms with Crippen molar-refractivity contribution in [3.63, 3.8) is 0 Å². The number of hydrogen-bond acceptors (Lipinski definition) is 8. The number of aromatic nitrogens is 2. The fourth-order valence-corrected chi connectivity index (χ4v) is 5.76. The highest BCUT2D eigenvalue weighted by Crippen LogP contribution is 2.34. The third-order valence-electron chi connectivity index (χ3n) is 5.98. The Balaban J connectivity index is 1.29. The summed E-state index contributed by atoms with van der Waals surface area (Å²) in [6.45, 7) is 2.17. The van der Waals surface area contributed by atoms with Crippen LogP contribution in [0.15, 0.2) is 78.0 Å². The molecule has 2 aromatic heterocycles. The zero-order valence-electron chi connectivity index (χ0n) is 21.2. The molecule has 1 saturated heterocycles. The van der Waals surface area contributed by atoms with Crippen LogP contribution in [-0.4, -0.2) is 52.1 Å². The number of thiazole rings is 1. The molecule has 2 aromatic carbocycles. The fourth-order valence-electron chi connectivity index (χ4n) is 3.90. The van der Waals surface area contributed by atoms with E-state index in [1.165, 1.54) is 11.3 Å². The number of amides is 3. The lowest BCUT2D eigenvalue weighted by Crippen LogP contribution is -2.37. The first-order valence-corrected chi connectivity index (χ1v) is 13.7. The predicted octanol–water partition coefficient (Wildman–Crippen LogP) is 5.66. The number of hydrogen-bond donors (Lipinski definition) is 1. The summed E-state index contributed by atoms with van der Waals surface area (Å²) in [4.78, 5) is 49.5. The van der Waals surface area contributed by atoms with E-state index in [0.29, 0.717) is 26.2 Å². The summed E-state index contributed by atoms with van der Waals surface area (Å²) >= 11 is 2.16. The van der Waals surface area contributed by atoms with Gasteiger partial charge < -0.3 is 10.1 Å². The van der Waals surface area contributed by atoms with Gasteiger partial charge in [0.25, 0.3) is 17.1 Å². The minimum absolute atomic E-state index is 0.0600. The molecule has 39 heavy (non-hydrogen) atoms. The van der Waals surface area contributed by atoms with Crippen LogP contribution in [0.5, 0.6) is 5.75 Å². The van der Waals surface area contributed by atoms with Gasteiger partial charge in [-0.15, -0.1) is 11.3 Å². The van der Waals surface area contributed by atoms with Gasteiger partial charge >= 0.3 is 0 Å². The molecule has 0 saturated carbocycles. The molecule has 10 heteroatoms. The van der Waals surface area contributed by atoms with E-state index in [0.717, 1.165) is 38.9 Å². The summed E-state index contributed by atoms with van der Waals surface area (Å²) in [5.41, 5.74) is 4.10. The standard InChI is InChI=1S/C29H24N4O4S2/c1-18-5-9-20(10-6-18)24-25(39-27(32-24)21-4-3-13-30-17-21)26(34)31-14-15-33-28(35)23(38-29(33)36)16-19-7-11-22(37-2)12-8-19/h3-13,16-17H,14-15H2,1-2H3,(H,31,34)/b23-16+. The number of imide groups is 1. The number of pyridine rings is 1. The van der Waals surface area contributed by atoms with Gasteiger partial charge in [0.05, 0.1) is 17.7 Å². The smallest absolute Gasteiger partial charge is 0.293 e. The Morgan fingerprint density at radius 3 is 2.51 bits per heavy atom. The lowest BCUT2D eigenvalue weighted by atomic mass is 10.1. The van der Waals surface area contributed by atoms with Gasteiger partial charge in [0.1, 0.15) is 15.6 Å². The van der Waals surface area contributed by atoms with Crippen molar-refractivity contribution < 1.29 is 19.1 Å². The molecule has 0 aliphatic carbocycles. The van der Waals surface area contributed by atoms with Crippen molar-refractivity contribution in [3.05, 3.63) is 94.0 Å². The van der Waals surface area contributed by atoms with Crippen LogP contribution in [0.1, 0.15) is 20.8 Å². The van der Waals surface area contributed by atoms with Crippen LogP contribution >= 0.6 is 23.1 Å². The Morgan fingerprint density at radius 2 is 1.82 bits per heavy atom. The summed E-state index contributed by atoms with van der Waals surface area (Å²) in [5, 5.41) is 3.17. The van der Waals surface area contributed by atoms with E-state index in [-0.39, 0.29) is 30.1 Å². The molecule has 0 radical (unpaired) electrons. The molecule has 3 amide bonds. The number of carbonyl (C=O) groups is 3. The van der Waals surface area contributed by atoms with Crippen molar-refractivity contribution in [3.8, 4) is 27.6 Å². The monoisotopic (exact) mass is 556 g/mol. The lowest BCUT2D eigenvalue weighted by Gasteiger charge is -2.13. The topological polar surface area (TPSA) is 101 Å². The van der Waals surface area contributed by atoms with E-state index in [4.69, 9.17) is 9.72 Å². The highest BCUT2D eigenvalue weighted by molar-refractivity contribution is 8.18. The molecule has 5 rings (SSSR count). The summed E-state index contributed by atoms with van der Waals surface area (Å²) in [5.74, 6) is 0.000977. The number of nitrogens with one attached hydrogen (secondary N) is 1. The zero-order chi connectivity index (χ0) is 27.4. The van der Waals surface area contributed by atoms with Gasteiger partial charge in [0.2, 0.25) is 0 Å². The summed E-state index contributed by atoms with van der Waals surface area (Å²) in [6, 6.07) is 18.7. The normalized spacial score (nSPS) is 14.2. The SMILES string of the molecule is COc1ccc(/C=C2/SC(=O)N(CCNC(=O)c3sc(-c4cccnc4)nc3-c3ccc(C)cc3)C2=O)cc1. The maximum Gasteiger partial charge on any atom is 0.293 e. The molecule has 0 bridgehead atoms. The first-order valence-electron chi connectivity index (χ1n) is 12.1. The van der Waals surface area contributed by atoms with Crippen LogP contribution in [0.2, 0.25) is 0 Å². The highest BCUT2D eigenvalue weighted by Gasteiger charge is 2.34. The molecule has 0 atom stereocenters. The molecule has 1 aliphatic rings. The Labute approximate surface area is 233 Å². The van der Waals surface area contributed by atoms with E-state index in [1.807, 2.05) is 55.5 Å². The molecule has 3 heterocycles. The zero-order valence-corrected chi connectivity index (χ0v) is 22.8. The fraction of sp³-hybridized carbons (Fsp3) is 0.138. The third-order valence-corrected chi connectivity index (χ3v) is 7.99. The number of thioether (sulfide) groups is 1. The number of aryl methyl sites for hydroxylation is 1. The van der Waals surface area contributed by atoms with E-state index >= 15 is 0 Å². The average molecular weight is 557 g/mol. The summed E-state index contributed by atoms with van der Waals surface area (Å²) in [7, 11) is 1.58. The number of benzene rings is 2. The van der Waals surface area contributed by atoms with Crippen molar-refractivity contribution >= 4 is 46.2 Å². The van der Waals surface area contributed by atoms with Crippen molar-refractivity contribution in [1.29, 1.82) is 0 Å². The summed E-state index contributed by atoms with van der Waals surface area (Å²) < 4.78 is 5.16. The Kier molecular flexibility index (Phi) is 7.85. The summed E-state index contributed by atoms with van der Waals surface area (Å²) in [6.07, 6.45) is 5.06. The Hall–Kier alpha value is -4.28. The molecule has 0 spiro atoms. The van der Waals surface area contributed by atoms with Gasteiger partial charge in [-0.25, -0.2) is 4.98 Å². The van der Waals surface area contributed by atoms with Crippen molar-refractivity contribution in [2.75, 3.05) is 20.2 Å². The number of carbonyl (C=O) groups excluding carboxylic acids is 3. The molecular weight excluding hydrogens is 532 g/mol. The van der Waals surface area contributed by atoms with E-state index < -0.39 is 0 Å². The number of rotatable bonds is 8. The minimum atomic E-state index is -0.382. The van der Waals surface area contributed by atoms with Gasteiger partial charge in [-0.05, 0) is 54.6 Å². The minimum Gasteiger partial charge on any atom is -0.497 e. The van der Waals surface area contributed by atoms with E-state index in [9.17, 15) is 14.4 Å². The van der Waals surface area contributed by atoms with E-state index in [1.54, 1.807) is 37.7 Å². The molecule has 1 N–H and O–H groups in total. The molecule has 0 unspecified atom stereocenters. The molecule has 196 valence electrons. The first-order chi connectivity index (χ1) is 18.9. The van der Waals surface area contributed by atoms with Crippen LogP contribution in [0, 0.1) is 6.92 Å². The highest BCUT2D eigenvalue weighted by atomic mass is 32.2. The van der Waals surface area contributed by atoms with E-state index in [2.05, 4.69) is 10.3 Å². The van der Waals surface area contributed by atoms with Crippen molar-refractivity contribution in [2.24, 2.45) is 0 Å². The molecule has 4 aromatic rings. The van der Waals surface area contributed by atoms with Crippen LogP contribution in [0.25, 0.3) is 27.9 Å². The van der Waals surface area contributed by atoms with Crippen LogP contribution in [0.3, 0.4) is 0 Å². The number of methoxy groups -OCH3 is 1. The maximum absolute atomic E-state index is 13.3. The van der Waals surface area contributed by atoms with Crippen molar-refractivity contribution in [2.45, 2.75) is 6.92 Å². The maximum atomic E-state index is 13.3. The average Bonchev–Trinajstić information content (AvgIpc) is 3.52. The third kappa shape index (κ3) is 5.92. The molecule has 1 aliphatic heterocycles. The van der Waals surface area contributed by atoms with Crippen molar-refractivity contribution in [1.82, 2.24) is 20.2 Å². The first kappa shape index (κ1) is 26.3. The lowest BCUT2D eigenvalue weighted by molar-refractivity contribution is -0.122.